The Morgan fingerprint density at radius 3 is 2.62 bits per heavy atom. The Balaban J connectivity index is 2.02. The van der Waals surface area contributed by atoms with Crippen molar-refractivity contribution in [3.8, 4) is 5.75 Å². The molecule has 2 aromatic rings. The summed E-state index contributed by atoms with van der Waals surface area (Å²) >= 11 is 0. The van der Waals surface area contributed by atoms with Gasteiger partial charge in [-0.05, 0) is 54.8 Å². The first-order valence-corrected chi connectivity index (χ1v) is 7.85. The van der Waals surface area contributed by atoms with Gasteiger partial charge in [-0.25, -0.2) is 4.79 Å². The van der Waals surface area contributed by atoms with Crippen LogP contribution in [-0.2, 0) is 11.2 Å². The summed E-state index contributed by atoms with van der Waals surface area (Å²) < 4.78 is 5.56. The Kier molecular flexibility index (Phi) is 5.95. The van der Waals surface area contributed by atoms with Gasteiger partial charge in [-0.3, -0.25) is 4.79 Å². The topological polar surface area (TPSA) is 75.6 Å². The number of anilines is 1. The van der Waals surface area contributed by atoms with Gasteiger partial charge < -0.3 is 15.2 Å². The molecule has 0 spiro atoms. The van der Waals surface area contributed by atoms with Crippen molar-refractivity contribution >= 4 is 17.6 Å². The highest BCUT2D eigenvalue weighted by Gasteiger charge is 2.09. The fourth-order valence-corrected chi connectivity index (χ4v) is 2.28. The summed E-state index contributed by atoms with van der Waals surface area (Å²) in [5.41, 5.74) is 2.47. The molecule has 126 valence electrons. The number of carboxylic acid groups (broad SMARTS) is 1. The van der Waals surface area contributed by atoms with Crippen molar-refractivity contribution in [2.24, 2.45) is 0 Å². The second-order valence-electron chi connectivity index (χ2n) is 5.56. The molecule has 2 aromatic carbocycles. The van der Waals surface area contributed by atoms with E-state index in [0.29, 0.717) is 12.2 Å². The Labute approximate surface area is 141 Å². The van der Waals surface area contributed by atoms with Gasteiger partial charge in [0.1, 0.15) is 5.75 Å². The molecule has 1 amide bonds. The first-order valence-electron chi connectivity index (χ1n) is 7.85. The molecule has 0 unspecified atom stereocenters. The number of ether oxygens (including phenoxy) is 1. The van der Waals surface area contributed by atoms with Crippen LogP contribution in [0.15, 0.2) is 42.5 Å². The molecule has 0 atom stereocenters. The normalized spacial score (nSPS) is 10.2. The number of aromatic carboxylic acids is 1. The van der Waals surface area contributed by atoms with Crippen molar-refractivity contribution in [3.05, 3.63) is 59.2 Å². The number of carboxylic acids is 1. The molecule has 5 heteroatoms. The van der Waals surface area contributed by atoms with E-state index >= 15 is 0 Å². The highest BCUT2D eigenvalue weighted by atomic mass is 16.5. The average Bonchev–Trinajstić information content (AvgIpc) is 2.55. The van der Waals surface area contributed by atoms with Gasteiger partial charge in [0.2, 0.25) is 5.91 Å². The molecular formula is C19H21NO4. The van der Waals surface area contributed by atoms with E-state index in [9.17, 15) is 9.59 Å². The lowest BCUT2D eigenvalue weighted by Crippen LogP contribution is -2.15. The monoisotopic (exact) mass is 327 g/mol. The summed E-state index contributed by atoms with van der Waals surface area (Å²) in [4.78, 5) is 23.2. The molecule has 0 radical (unpaired) electrons. The molecule has 0 aliphatic carbocycles. The van der Waals surface area contributed by atoms with Crippen LogP contribution >= 0.6 is 0 Å². The maximum Gasteiger partial charge on any atom is 0.335 e. The highest BCUT2D eigenvalue weighted by molar-refractivity contribution is 5.93. The number of hydrogen-bond acceptors (Lipinski definition) is 3. The Morgan fingerprint density at radius 2 is 1.96 bits per heavy atom. The van der Waals surface area contributed by atoms with Gasteiger partial charge in [0.15, 0.2) is 0 Å². The molecule has 0 aliphatic heterocycles. The molecule has 0 fully saturated rings. The largest absolute Gasteiger partial charge is 0.494 e. The maximum atomic E-state index is 12.2. The predicted octanol–water partition coefficient (Wildman–Crippen LogP) is 3.66. The van der Waals surface area contributed by atoms with Crippen LogP contribution < -0.4 is 10.1 Å². The van der Waals surface area contributed by atoms with E-state index < -0.39 is 5.97 Å². The number of rotatable bonds is 7. The maximum absolute atomic E-state index is 12.2. The summed E-state index contributed by atoms with van der Waals surface area (Å²) in [6, 6.07) is 11.9. The molecule has 0 aromatic heterocycles. The lowest BCUT2D eigenvalue weighted by Gasteiger charge is -2.11. The third-order valence-electron chi connectivity index (χ3n) is 3.48. The van der Waals surface area contributed by atoms with E-state index in [4.69, 9.17) is 9.84 Å². The quantitative estimate of drug-likeness (QED) is 0.813. The molecule has 0 saturated carbocycles. The lowest BCUT2D eigenvalue weighted by atomic mass is 10.1. The zero-order valence-electron chi connectivity index (χ0n) is 13.8. The van der Waals surface area contributed by atoms with E-state index in [1.165, 1.54) is 12.1 Å². The van der Waals surface area contributed by atoms with Crippen LogP contribution in [0.2, 0.25) is 0 Å². The predicted molar refractivity (Wildman–Crippen MR) is 92.7 cm³/mol. The van der Waals surface area contributed by atoms with Crippen molar-refractivity contribution in [1.82, 2.24) is 0 Å². The minimum absolute atomic E-state index is 0.120. The highest BCUT2D eigenvalue weighted by Crippen LogP contribution is 2.22. The second kappa shape index (κ2) is 8.15. The van der Waals surface area contributed by atoms with Crippen LogP contribution in [0.25, 0.3) is 0 Å². The van der Waals surface area contributed by atoms with Crippen LogP contribution in [-0.4, -0.2) is 23.6 Å². The van der Waals surface area contributed by atoms with E-state index in [0.717, 1.165) is 23.4 Å². The van der Waals surface area contributed by atoms with E-state index in [1.54, 1.807) is 12.1 Å². The number of amides is 1. The molecule has 2 N–H and O–H groups in total. The first-order chi connectivity index (χ1) is 11.5. The molecule has 0 saturated heterocycles. The van der Waals surface area contributed by atoms with Gasteiger partial charge in [0, 0.05) is 5.69 Å². The standard InChI is InChI=1S/C19H21NO4/c1-3-9-24-16-7-8-17(13(2)10-16)20-18(21)12-14-5-4-6-15(11-14)19(22)23/h4-8,10-11H,3,9,12H2,1-2H3,(H,20,21)(H,22,23). The van der Waals surface area contributed by atoms with Crippen molar-refractivity contribution < 1.29 is 19.4 Å². The first kappa shape index (κ1) is 17.5. The second-order valence-corrected chi connectivity index (χ2v) is 5.56. The molecule has 5 nitrogen and oxygen atoms in total. The zero-order valence-corrected chi connectivity index (χ0v) is 13.8. The van der Waals surface area contributed by atoms with Gasteiger partial charge >= 0.3 is 5.97 Å². The Morgan fingerprint density at radius 1 is 1.17 bits per heavy atom. The van der Waals surface area contributed by atoms with Crippen LogP contribution in [0.1, 0.15) is 34.8 Å². The van der Waals surface area contributed by atoms with Crippen LogP contribution in [0.4, 0.5) is 5.69 Å². The van der Waals surface area contributed by atoms with Gasteiger partial charge in [-0.2, -0.15) is 0 Å². The zero-order chi connectivity index (χ0) is 17.5. The SMILES string of the molecule is CCCOc1ccc(NC(=O)Cc2cccc(C(=O)O)c2)c(C)c1. The van der Waals surface area contributed by atoms with Crippen LogP contribution in [0, 0.1) is 6.92 Å². The van der Waals surface area contributed by atoms with Gasteiger partial charge in [0.05, 0.1) is 18.6 Å². The van der Waals surface area contributed by atoms with E-state index in [-0.39, 0.29) is 17.9 Å². The lowest BCUT2D eigenvalue weighted by molar-refractivity contribution is -0.115. The number of hydrogen-bond donors (Lipinski definition) is 2. The summed E-state index contributed by atoms with van der Waals surface area (Å²) in [6.45, 7) is 4.60. The van der Waals surface area contributed by atoms with Crippen LogP contribution in [0.5, 0.6) is 5.75 Å². The minimum atomic E-state index is -1.00. The summed E-state index contributed by atoms with van der Waals surface area (Å²) in [5.74, 6) is -0.417. The number of aryl methyl sites for hydroxylation is 1. The Bertz CT molecular complexity index is 740. The number of carbonyl (C=O) groups is 2. The summed E-state index contributed by atoms with van der Waals surface area (Å²) in [7, 11) is 0. The van der Waals surface area contributed by atoms with Gasteiger partial charge in [0.25, 0.3) is 0 Å². The molecule has 0 heterocycles. The fourth-order valence-electron chi connectivity index (χ4n) is 2.28. The third kappa shape index (κ3) is 4.84. The number of benzene rings is 2. The molecular weight excluding hydrogens is 306 g/mol. The van der Waals surface area contributed by atoms with E-state index in [2.05, 4.69) is 5.32 Å². The van der Waals surface area contributed by atoms with Crippen molar-refractivity contribution in [2.45, 2.75) is 26.7 Å². The molecule has 24 heavy (non-hydrogen) atoms. The fraction of sp³-hybridized carbons (Fsp3) is 0.263. The van der Waals surface area contributed by atoms with Crippen LogP contribution in [0.3, 0.4) is 0 Å². The van der Waals surface area contributed by atoms with E-state index in [1.807, 2.05) is 32.0 Å². The molecule has 0 bridgehead atoms. The number of carbonyl (C=O) groups excluding carboxylic acids is 1. The summed E-state index contributed by atoms with van der Waals surface area (Å²) in [6.07, 6.45) is 1.06. The van der Waals surface area contributed by atoms with Gasteiger partial charge in [-0.1, -0.05) is 19.1 Å². The van der Waals surface area contributed by atoms with Crippen molar-refractivity contribution in [3.63, 3.8) is 0 Å². The Hall–Kier alpha value is -2.82. The molecule has 2 rings (SSSR count). The summed E-state index contributed by atoms with van der Waals surface area (Å²) in [5, 5.41) is 11.8. The number of nitrogens with one attached hydrogen (secondary N) is 1. The third-order valence-corrected chi connectivity index (χ3v) is 3.48. The average molecular weight is 327 g/mol. The minimum Gasteiger partial charge on any atom is -0.494 e. The smallest absolute Gasteiger partial charge is 0.335 e. The van der Waals surface area contributed by atoms with Crippen molar-refractivity contribution in [2.75, 3.05) is 11.9 Å². The molecule has 0 aliphatic rings. The van der Waals surface area contributed by atoms with Crippen molar-refractivity contribution in [1.29, 1.82) is 0 Å². The van der Waals surface area contributed by atoms with Gasteiger partial charge in [-0.15, -0.1) is 0 Å².